The Bertz CT molecular complexity index is 1040. The Labute approximate surface area is 192 Å². The van der Waals surface area contributed by atoms with Crippen LogP contribution in [0.2, 0.25) is 10.0 Å². The molecule has 0 aliphatic heterocycles. The van der Waals surface area contributed by atoms with Gasteiger partial charge in [0, 0.05) is 11.9 Å². The highest BCUT2D eigenvalue weighted by Crippen LogP contribution is 2.43. The lowest BCUT2D eigenvalue weighted by molar-refractivity contribution is 0.170. The lowest BCUT2D eigenvalue weighted by Gasteiger charge is -2.34. The van der Waals surface area contributed by atoms with Gasteiger partial charge in [-0.3, -0.25) is 4.79 Å². The highest BCUT2D eigenvalue weighted by Gasteiger charge is 2.36. The topological polar surface area (TPSA) is 80.6 Å². The smallest absolute Gasteiger partial charge is 0.405 e. The predicted molar refractivity (Wildman–Crippen MR) is 125 cm³/mol. The van der Waals surface area contributed by atoms with Crippen LogP contribution in [0.3, 0.4) is 0 Å². The van der Waals surface area contributed by atoms with E-state index in [9.17, 15) is 14.7 Å². The molecule has 0 bridgehead atoms. The van der Waals surface area contributed by atoms with Crippen molar-refractivity contribution in [2.24, 2.45) is 11.3 Å². The molecule has 1 aliphatic rings. The van der Waals surface area contributed by atoms with Gasteiger partial charge in [0.1, 0.15) is 5.75 Å². The Morgan fingerprint density at radius 3 is 2.39 bits per heavy atom. The van der Waals surface area contributed by atoms with Crippen molar-refractivity contribution >= 4 is 40.1 Å². The van der Waals surface area contributed by atoms with Gasteiger partial charge in [0.2, 0.25) is 0 Å². The second kappa shape index (κ2) is 9.29. The van der Waals surface area contributed by atoms with Crippen molar-refractivity contribution in [3.63, 3.8) is 0 Å². The summed E-state index contributed by atoms with van der Waals surface area (Å²) < 4.78 is 7.94. The predicted octanol–water partition coefficient (Wildman–Crippen LogP) is 6.25. The Morgan fingerprint density at radius 1 is 1.26 bits per heavy atom. The molecule has 2 N–H and O–H groups in total. The average Bonchev–Trinajstić information content (AvgIpc) is 3.49. The SMILES string of the molecule is CCCCOc1c(C(NC(=O)O)C(C)(C)C)n(CC2CC2)c(=O)c2cc(Cl)c(Cl)cc12. The van der Waals surface area contributed by atoms with Gasteiger partial charge in [0.25, 0.3) is 5.56 Å². The standard InChI is InChI=1S/C23H30Cl2N2O4/c1-5-6-9-31-19-14-10-16(24)17(25)11-15(14)21(28)27(12-13-7-8-13)18(19)20(23(2,3)4)26-22(29)30/h10-11,13,20,26H,5-9,12H2,1-4H3,(H,29,30). The molecule has 0 radical (unpaired) electrons. The fourth-order valence-electron chi connectivity index (χ4n) is 3.74. The monoisotopic (exact) mass is 468 g/mol. The summed E-state index contributed by atoms with van der Waals surface area (Å²) in [5.74, 6) is 0.890. The molecule has 1 heterocycles. The van der Waals surface area contributed by atoms with Crippen molar-refractivity contribution in [3.05, 3.63) is 38.2 Å². The number of pyridine rings is 1. The molecule has 31 heavy (non-hydrogen) atoms. The summed E-state index contributed by atoms with van der Waals surface area (Å²) in [5.41, 5.74) is -0.170. The van der Waals surface area contributed by atoms with Crippen LogP contribution in [-0.4, -0.2) is 22.4 Å². The first-order valence-electron chi connectivity index (χ1n) is 10.7. The second-order valence-corrected chi connectivity index (χ2v) is 10.2. The molecule has 1 unspecified atom stereocenters. The van der Waals surface area contributed by atoms with Crippen molar-refractivity contribution in [1.82, 2.24) is 9.88 Å². The van der Waals surface area contributed by atoms with Crippen LogP contribution in [0.1, 0.15) is 65.1 Å². The number of carbonyl (C=O) groups is 1. The van der Waals surface area contributed by atoms with E-state index in [1.54, 1.807) is 16.7 Å². The van der Waals surface area contributed by atoms with Crippen LogP contribution in [0, 0.1) is 11.3 Å². The third-order valence-electron chi connectivity index (χ3n) is 5.59. The third kappa shape index (κ3) is 5.29. The minimum absolute atomic E-state index is 0.209. The number of amides is 1. The molecule has 1 aromatic heterocycles. The van der Waals surface area contributed by atoms with Crippen LogP contribution in [0.25, 0.3) is 10.8 Å². The van der Waals surface area contributed by atoms with Crippen LogP contribution < -0.4 is 15.6 Å². The van der Waals surface area contributed by atoms with Crippen LogP contribution >= 0.6 is 23.2 Å². The lowest BCUT2D eigenvalue weighted by Crippen LogP contribution is -2.40. The third-order valence-corrected chi connectivity index (χ3v) is 6.32. The number of nitrogens with one attached hydrogen (secondary N) is 1. The van der Waals surface area contributed by atoms with E-state index in [2.05, 4.69) is 12.2 Å². The van der Waals surface area contributed by atoms with Gasteiger partial charge in [-0.05, 0) is 42.7 Å². The van der Waals surface area contributed by atoms with Crippen molar-refractivity contribution in [1.29, 1.82) is 0 Å². The molecule has 1 atom stereocenters. The number of halogens is 2. The van der Waals surface area contributed by atoms with E-state index >= 15 is 0 Å². The van der Waals surface area contributed by atoms with Gasteiger partial charge in [-0.2, -0.15) is 0 Å². The molecular formula is C23H30Cl2N2O4. The van der Waals surface area contributed by atoms with E-state index < -0.39 is 17.6 Å². The fraction of sp³-hybridized carbons (Fsp3) is 0.565. The van der Waals surface area contributed by atoms with Crippen molar-refractivity contribution in [3.8, 4) is 5.75 Å². The lowest BCUT2D eigenvalue weighted by atomic mass is 9.83. The number of hydrogen-bond donors (Lipinski definition) is 2. The molecule has 0 spiro atoms. The number of ether oxygens (including phenoxy) is 1. The average molecular weight is 469 g/mol. The summed E-state index contributed by atoms with van der Waals surface area (Å²) in [6, 6.07) is 2.57. The molecule has 8 heteroatoms. The molecule has 2 aromatic rings. The van der Waals surface area contributed by atoms with E-state index in [0.29, 0.717) is 51.3 Å². The Morgan fingerprint density at radius 2 is 1.87 bits per heavy atom. The zero-order valence-corrected chi connectivity index (χ0v) is 19.9. The maximum Gasteiger partial charge on any atom is 0.405 e. The van der Waals surface area contributed by atoms with Gasteiger partial charge >= 0.3 is 6.09 Å². The number of fused-ring (bicyclic) bond motifs is 1. The van der Waals surface area contributed by atoms with Crippen LogP contribution in [0.4, 0.5) is 4.79 Å². The van der Waals surface area contributed by atoms with Gasteiger partial charge in [0.15, 0.2) is 0 Å². The molecule has 170 valence electrons. The highest BCUT2D eigenvalue weighted by atomic mass is 35.5. The van der Waals surface area contributed by atoms with Gasteiger partial charge in [0.05, 0.1) is 33.8 Å². The Kier molecular flexibility index (Phi) is 7.11. The van der Waals surface area contributed by atoms with E-state index in [1.807, 2.05) is 20.8 Å². The van der Waals surface area contributed by atoms with E-state index in [-0.39, 0.29) is 5.56 Å². The number of nitrogens with zero attached hydrogens (tertiary/aromatic N) is 1. The van der Waals surface area contributed by atoms with Crippen LogP contribution in [-0.2, 0) is 6.54 Å². The molecular weight excluding hydrogens is 439 g/mol. The summed E-state index contributed by atoms with van der Waals surface area (Å²) in [6.07, 6.45) is 2.71. The molecule has 1 aromatic carbocycles. The molecule has 6 nitrogen and oxygen atoms in total. The molecule has 1 aliphatic carbocycles. The van der Waals surface area contributed by atoms with Gasteiger partial charge in [-0.1, -0.05) is 57.3 Å². The molecule has 3 rings (SSSR count). The van der Waals surface area contributed by atoms with Crippen molar-refractivity contribution in [2.75, 3.05) is 6.61 Å². The molecule has 1 amide bonds. The molecule has 0 saturated heterocycles. The van der Waals surface area contributed by atoms with E-state index in [1.165, 1.54) is 0 Å². The van der Waals surface area contributed by atoms with Crippen LogP contribution in [0.15, 0.2) is 16.9 Å². The second-order valence-electron chi connectivity index (χ2n) is 9.34. The number of aromatic nitrogens is 1. The van der Waals surface area contributed by atoms with Crippen molar-refractivity contribution in [2.45, 2.75) is 66.0 Å². The zero-order valence-electron chi connectivity index (χ0n) is 18.4. The van der Waals surface area contributed by atoms with Crippen LogP contribution in [0.5, 0.6) is 5.75 Å². The number of rotatable bonds is 8. The zero-order chi connectivity index (χ0) is 22.9. The fourth-order valence-corrected chi connectivity index (χ4v) is 4.07. The first kappa shape index (κ1) is 23.7. The number of hydrogen-bond acceptors (Lipinski definition) is 3. The number of benzene rings is 1. The maximum absolute atomic E-state index is 13.6. The normalized spacial score (nSPS) is 15.2. The molecule has 1 fully saturated rings. The highest BCUT2D eigenvalue weighted by molar-refractivity contribution is 6.42. The number of carboxylic acid groups (broad SMARTS) is 1. The Hall–Kier alpha value is -1.92. The Balaban J connectivity index is 2.38. The van der Waals surface area contributed by atoms with Gasteiger partial charge in [-0.25, -0.2) is 4.79 Å². The van der Waals surface area contributed by atoms with Gasteiger partial charge < -0.3 is 19.7 Å². The maximum atomic E-state index is 13.6. The van der Waals surface area contributed by atoms with E-state index in [0.717, 1.165) is 25.7 Å². The summed E-state index contributed by atoms with van der Waals surface area (Å²) in [7, 11) is 0. The number of unbranched alkanes of at least 4 members (excludes halogenated alkanes) is 1. The largest absolute Gasteiger partial charge is 0.491 e. The quantitative estimate of drug-likeness (QED) is 0.448. The summed E-state index contributed by atoms with van der Waals surface area (Å²) in [6.45, 7) is 8.85. The minimum Gasteiger partial charge on any atom is -0.491 e. The summed E-state index contributed by atoms with van der Waals surface area (Å²) in [5, 5.41) is 13.8. The van der Waals surface area contributed by atoms with Gasteiger partial charge in [-0.15, -0.1) is 0 Å². The molecule has 1 saturated carbocycles. The van der Waals surface area contributed by atoms with Crippen molar-refractivity contribution < 1.29 is 14.6 Å². The summed E-state index contributed by atoms with van der Waals surface area (Å²) in [4.78, 5) is 25.3. The summed E-state index contributed by atoms with van der Waals surface area (Å²) >= 11 is 12.5. The van der Waals surface area contributed by atoms with E-state index in [4.69, 9.17) is 27.9 Å². The first-order chi connectivity index (χ1) is 14.5. The first-order valence-corrected chi connectivity index (χ1v) is 11.5. The minimum atomic E-state index is -1.15.